The zero-order valence-electron chi connectivity index (χ0n) is 13.1. The van der Waals surface area contributed by atoms with Crippen molar-refractivity contribution in [2.45, 2.75) is 70.1 Å². The third-order valence-electron chi connectivity index (χ3n) is 4.67. The lowest BCUT2D eigenvalue weighted by Crippen LogP contribution is -2.40. The first-order chi connectivity index (χ1) is 10.8. The average molecular weight is 302 g/mol. The van der Waals surface area contributed by atoms with Gasteiger partial charge in [-0.3, -0.25) is 0 Å². The van der Waals surface area contributed by atoms with Crippen LogP contribution in [-0.2, 0) is 6.54 Å². The van der Waals surface area contributed by atoms with E-state index in [0.717, 1.165) is 24.2 Å². The minimum atomic E-state index is -0.0572. The highest BCUT2D eigenvalue weighted by Crippen LogP contribution is 2.24. The average Bonchev–Trinajstić information content (AvgIpc) is 3.20. The first-order valence-corrected chi connectivity index (χ1v) is 8.59. The van der Waals surface area contributed by atoms with Gasteiger partial charge in [0.05, 0.1) is 6.10 Å². The lowest BCUT2D eigenvalue weighted by Gasteiger charge is -2.14. The van der Waals surface area contributed by atoms with Crippen molar-refractivity contribution in [1.82, 2.24) is 10.6 Å². The molecule has 2 N–H and O–H groups in total. The molecule has 2 amide bonds. The fourth-order valence-electron chi connectivity index (χ4n) is 3.37. The normalized spacial score (nSPS) is 19.3. The molecule has 0 aliphatic heterocycles. The van der Waals surface area contributed by atoms with E-state index in [1.165, 1.54) is 38.5 Å². The third kappa shape index (κ3) is 4.39. The second-order valence-electron chi connectivity index (χ2n) is 6.48. The molecule has 1 aromatic carbocycles. The molecule has 0 saturated heterocycles. The van der Waals surface area contributed by atoms with Gasteiger partial charge in [0.1, 0.15) is 5.75 Å². The van der Waals surface area contributed by atoms with Gasteiger partial charge in [0.25, 0.3) is 0 Å². The van der Waals surface area contributed by atoms with Crippen LogP contribution in [0.5, 0.6) is 5.75 Å². The smallest absolute Gasteiger partial charge is 0.315 e. The number of ether oxygens (including phenoxy) is 1. The Balaban J connectivity index is 1.41. The fraction of sp³-hybridized carbons (Fsp3) is 0.611. The van der Waals surface area contributed by atoms with Gasteiger partial charge in [-0.25, -0.2) is 4.79 Å². The van der Waals surface area contributed by atoms with Crippen molar-refractivity contribution in [1.29, 1.82) is 0 Å². The zero-order chi connectivity index (χ0) is 15.2. The van der Waals surface area contributed by atoms with Crippen LogP contribution in [0.1, 0.15) is 56.9 Å². The lowest BCUT2D eigenvalue weighted by atomic mass is 10.2. The fourth-order valence-corrected chi connectivity index (χ4v) is 3.37. The van der Waals surface area contributed by atoms with Crippen LogP contribution in [0.4, 0.5) is 4.79 Å². The molecule has 0 spiro atoms. The van der Waals surface area contributed by atoms with Crippen molar-refractivity contribution < 1.29 is 9.53 Å². The molecule has 4 heteroatoms. The maximum Gasteiger partial charge on any atom is 0.315 e. The number of hydrogen-bond donors (Lipinski definition) is 2. The molecular formula is C18H26N2O2. The van der Waals surface area contributed by atoms with E-state index in [1.54, 1.807) is 0 Å². The number of benzene rings is 1. The molecule has 1 aromatic rings. The molecule has 0 aromatic heterocycles. The van der Waals surface area contributed by atoms with E-state index in [9.17, 15) is 4.79 Å². The molecule has 22 heavy (non-hydrogen) atoms. The van der Waals surface area contributed by atoms with Gasteiger partial charge < -0.3 is 15.4 Å². The van der Waals surface area contributed by atoms with Crippen molar-refractivity contribution >= 4 is 6.03 Å². The number of rotatable bonds is 5. The van der Waals surface area contributed by atoms with Gasteiger partial charge in [-0.15, -0.1) is 0 Å². The van der Waals surface area contributed by atoms with Crippen LogP contribution in [0.3, 0.4) is 0 Å². The summed E-state index contributed by atoms with van der Waals surface area (Å²) in [7, 11) is 0. The van der Waals surface area contributed by atoms with E-state index in [0.29, 0.717) is 18.7 Å². The maximum absolute atomic E-state index is 11.8. The summed E-state index contributed by atoms with van der Waals surface area (Å²) in [6, 6.07) is 8.37. The Bertz CT molecular complexity index is 474. The summed E-state index contributed by atoms with van der Waals surface area (Å²) in [5, 5.41) is 5.96. The maximum atomic E-state index is 11.8. The van der Waals surface area contributed by atoms with Gasteiger partial charge in [-0.2, -0.15) is 0 Å². The highest BCUT2D eigenvalue weighted by Gasteiger charge is 2.17. The summed E-state index contributed by atoms with van der Waals surface area (Å²) in [4.78, 5) is 11.8. The molecule has 3 rings (SSSR count). The molecule has 0 unspecified atom stereocenters. The quantitative estimate of drug-likeness (QED) is 0.870. The number of urea groups is 1. The monoisotopic (exact) mass is 302 g/mol. The number of amides is 2. The second-order valence-corrected chi connectivity index (χ2v) is 6.48. The molecule has 2 aliphatic rings. The van der Waals surface area contributed by atoms with Gasteiger partial charge in [-0.05, 0) is 56.2 Å². The van der Waals surface area contributed by atoms with E-state index in [2.05, 4.69) is 10.6 Å². The Labute approximate surface area is 132 Å². The largest absolute Gasteiger partial charge is 0.490 e. The lowest BCUT2D eigenvalue weighted by molar-refractivity contribution is 0.210. The van der Waals surface area contributed by atoms with Gasteiger partial charge >= 0.3 is 6.03 Å². The molecule has 120 valence electrons. The Kier molecular flexibility index (Phi) is 5.20. The minimum Gasteiger partial charge on any atom is -0.490 e. The number of hydrogen-bond acceptors (Lipinski definition) is 2. The Morgan fingerprint density at radius 3 is 2.32 bits per heavy atom. The SMILES string of the molecule is O=C(NCc1ccc(OC2CCCC2)cc1)NC1CCCC1. The zero-order valence-corrected chi connectivity index (χ0v) is 13.1. The van der Waals surface area contributed by atoms with E-state index in [4.69, 9.17) is 4.74 Å². The van der Waals surface area contributed by atoms with Crippen molar-refractivity contribution in [2.75, 3.05) is 0 Å². The van der Waals surface area contributed by atoms with Crippen molar-refractivity contribution in [3.63, 3.8) is 0 Å². The molecule has 2 saturated carbocycles. The summed E-state index contributed by atoms with van der Waals surface area (Å²) in [6.45, 7) is 0.558. The van der Waals surface area contributed by atoms with Crippen LogP contribution in [-0.4, -0.2) is 18.2 Å². The summed E-state index contributed by atoms with van der Waals surface area (Å²) < 4.78 is 5.94. The molecule has 2 fully saturated rings. The predicted octanol–water partition coefficient (Wildman–Crippen LogP) is 3.75. The van der Waals surface area contributed by atoms with Crippen LogP contribution in [0.2, 0.25) is 0 Å². The third-order valence-corrected chi connectivity index (χ3v) is 4.67. The second kappa shape index (κ2) is 7.52. The van der Waals surface area contributed by atoms with E-state index >= 15 is 0 Å². The standard InChI is InChI=1S/C18H26N2O2/c21-18(20-15-5-1-2-6-15)19-13-14-9-11-17(12-10-14)22-16-7-3-4-8-16/h9-12,15-16H,1-8,13H2,(H2,19,20,21). The van der Waals surface area contributed by atoms with Gasteiger partial charge in [0.2, 0.25) is 0 Å². The molecule has 2 aliphatic carbocycles. The van der Waals surface area contributed by atoms with Crippen molar-refractivity contribution in [3.8, 4) is 5.75 Å². The highest BCUT2D eigenvalue weighted by atomic mass is 16.5. The summed E-state index contributed by atoms with van der Waals surface area (Å²) in [6.07, 6.45) is 9.98. The molecule has 4 nitrogen and oxygen atoms in total. The van der Waals surface area contributed by atoms with Crippen molar-refractivity contribution in [3.05, 3.63) is 29.8 Å². The topological polar surface area (TPSA) is 50.4 Å². The van der Waals surface area contributed by atoms with Crippen LogP contribution in [0.25, 0.3) is 0 Å². The predicted molar refractivity (Wildman–Crippen MR) is 87.0 cm³/mol. The van der Waals surface area contributed by atoms with Crippen LogP contribution in [0, 0.1) is 0 Å². The van der Waals surface area contributed by atoms with E-state index < -0.39 is 0 Å². The summed E-state index contributed by atoms with van der Waals surface area (Å²) >= 11 is 0. The van der Waals surface area contributed by atoms with Crippen LogP contribution in [0.15, 0.2) is 24.3 Å². The van der Waals surface area contributed by atoms with E-state index in [1.807, 2.05) is 24.3 Å². The Hall–Kier alpha value is -1.71. The van der Waals surface area contributed by atoms with Gasteiger partial charge in [0.15, 0.2) is 0 Å². The van der Waals surface area contributed by atoms with Gasteiger partial charge in [-0.1, -0.05) is 25.0 Å². The number of carbonyl (C=O) groups is 1. The molecule has 0 bridgehead atoms. The first kappa shape index (κ1) is 15.2. The number of nitrogens with one attached hydrogen (secondary N) is 2. The molecule has 0 atom stereocenters. The molecule has 0 radical (unpaired) electrons. The Morgan fingerprint density at radius 2 is 1.64 bits per heavy atom. The minimum absolute atomic E-state index is 0.0572. The Morgan fingerprint density at radius 1 is 1.00 bits per heavy atom. The summed E-state index contributed by atoms with van der Waals surface area (Å²) in [5.74, 6) is 0.936. The molecular weight excluding hydrogens is 276 g/mol. The van der Waals surface area contributed by atoms with E-state index in [-0.39, 0.29) is 6.03 Å². The van der Waals surface area contributed by atoms with Crippen LogP contribution >= 0.6 is 0 Å². The van der Waals surface area contributed by atoms with Crippen LogP contribution < -0.4 is 15.4 Å². The van der Waals surface area contributed by atoms with Crippen molar-refractivity contribution in [2.24, 2.45) is 0 Å². The number of carbonyl (C=O) groups excluding carboxylic acids is 1. The molecule has 0 heterocycles. The first-order valence-electron chi connectivity index (χ1n) is 8.59. The highest BCUT2D eigenvalue weighted by molar-refractivity contribution is 5.74. The summed E-state index contributed by atoms with van der Waals surface area (Å²) in [5.41, 5.74) is 1.10. The van der Waals surface area contributed by atoms with Gasteiger partial charge in [0, 0.05) is 12.6 Å².